The highest BCUT2D eigenvalue weighted by molar-refractivity contribution is 6.30. The minimum atomic E-state index is -1.39. The number of nitrogens with zero attached hydrogens (tertiary/aromatic N) is 4. The van der Waals surface area contributed by atoms with E-state index in [1.54, 1.807) is 6.07 Å². The summed E-state index contributed by atoms with van der Waals surface area (Å²) in [5.41, 5.74) is 0.799. The second-order valence-electron chi connectivity index (χ2n) is 11.0. The van der Waals surface area contributed by atoms with Crippen LogP contribution in [0, 0.1) is 5.82 Å². The maximum Gasteiger partial charge on any atom is 0.255 e. The predicted molar refractivity (Wildman–Crippen MR) is 162 cm³/mol. The van der Waals surface area contributed by atoms with Gasteiger partial charge in [0.25, 0.3) is 5.91 Å². The first-order valence-corrected chi connectivity index (χ1v) is 15.0. The van der Waals surface area contributed by atoms with Gasteiger partial charge in [0, 0.05) is 43.1 Å². The minimum Gasteiger partial charge on any atom is -0.491 e. The largest absolute Gasteiger partial charge is 0.491 e. The standard InChI is InChI=1S/C30H36ClFN6O7/c1-44-23-14-34-28(18-12-16(31)2-3-20(18)32)37-29(23)36-21-4-8-33-13-19(21)30(43)35-17-5-9-38(10-6-17)11-7-22-25(40)27(42)26(41)24(15-39)45-22/h2-4,8,12-14,17,22,24-27,39-42H,5-7,9-11,15H2,1H3,(H,35,43)(H,33,34,36,37). The molecule has 6 N–H and O–H groups in total. The number of likely N-dealkylation sites (tertiary alicyclic amines) is 1. The van der Waals surface area contributed by atoms with Crippen molar-refractivity contribution in [3.05, 3.63) is 59.3 Å². The van der Waals surface area contributed by atoms with E-state index in [0.29, 0.717) is 49.6 Å². The summed E-state index contributed by atoms with van der Waals surface area (Å²) in [5.74, 6) is -0.300. The highest BCUT2D eigenvalue weighted by atomic mass is 35.5. The van der Waals surface area contributed by atoms with Crippen LogP contribution in [0.1, 0.15) is 29.6 Å². The molecule has 2 saturated heterocycles. The van der Waals surface area contributed by atoms with Gasteiger partial charge in [0.05, 0.1) is 42.8 Å². The van der Waals surface area contributed by atoms with Crippen molar-refractivity contribution in [2.24, 2.45) is 0 Å². The summed E-state index contributed by atoms with van der Waals surface area (Å²) < 4.78 is 25.5. The van der Waals surface area contributed by atoms with Crippen molar-refractivity contribution in [1.82, 2.24) is 25.2 Å². The highest BCUT2D eigenvalue weighted by Crippen LogP contribution is 2.31. The van der Waals surface area contributed by atoms with Crippen LogP contribution in [0.25, 0.3) is 11.4 Å². The first-order valence-electron chi connectivity index (χ1n) is 14.6. The quantitative estimate of drug-likeness (QED) is 0.187. The second kappa shape index (κ2) is 14.7. The van der Waals surface area contributed by atoms with E-state index in [0.717, 1.165) is 0 Å². The van der Waals surface area contributed by atoms with Crippen molar-refractivity contribution in [2.45, 2.75) is 55.8 Å². The number of pyridine rings is 1. The molecule has 2 aliphatic heterocycles. The summed E-state index contributed by atoms with van der Waals surface area (Å²) in [6.07, 6.45) is 0.458. The van der Waals surface area contributed by atoms with Gasteiger partial charge in [-0.2, -0.15) is 0 Å². The molecule has 2 aliphatic rings. The molecule has 0 saturated carbocycles. The zero-order valence-electron chi connectivity index (χ0n) is 24.5. The molecule has 15 heteroatoms. The van der Waals surface area contributed by atoms with Crippen molar-refractivity contribution in [3.8, 4) is 17.1 Å². The Morgan fingerprint density at radius 1 is 1.13 bits per heavy atom. The molecule has 0 aliphatic carbocycles. The number of hydrogen-bond acceptors (Lipinski definition) is 12. The number of carbonyl (C=O) groups excluding carboxylic acids is 1. The van der Waals surface area contributed by atoms with Gasteiger partial charge in [0.2, 0.25) is 0 Å². The van der Waals surface area contributed by atoms with Gasteiger partial charge in [-0.3, -0.25) is 9.78 Å². The highest BCUT2D eigenvalue weighted by Gasteiger charge is 2.43. The van der Waals surface area contributed by atoms with Gasteiger partial charge in [-0.25, -0.2) is 14.4 Å². The van der Waals surface area contributed by atoms with E-state index >= 15 is 0 Å². The molecule has 13 nitrogen and oxygen atoms in total. The molecule has 1 aromatic carbocycles. The van der Waals surface area contributed by atoms with Crippen LogP contribution < -0.4 is 15.4 Å². The van der Waals surface area contributed by atoms with E-state index in [4.69, 9.17) is 21.1 Å². The molecule has 3 aromatic rings. The summed E-state index contributed by atoms with van der Waals surface area (Å²) in [4.78, 5) is 28.3. The molecule has 2 fully saturated rings. The number of carbonyl (C=O) groups is 1. The lowest BCUT2D eigenvalue weighted by Gasteiger charge is -2.41. The number of aromatic nitrogens is 3. The first-order chi connectivity index (χ1) is 21.7. The molecule has 5 rings (SSSR count). The smallest absolute Gasteiger partial charge is 0.255 e. The molecule has 2 aromatic heterocycles. The lowest BCUT2D eigenvalue weighted by molar-refractivity contribution is -0.230. The van der Waals surface area contributed by atoms with E-state index < -0.39 is 42.9 Å². The minimum absolute atomic E-state index is 0.0802. The Bertz CT molecular complexity index is 1480. The van der Waals surface area contributed by atoms with Gasteiger partial charge >= 0.3 is 0 Å². The fourth-order valence-corrected chi connectivity index (χ4v) is 5.68. The predicted octanol–water partition coefficient (Wildman–Crippen LogP) is 1.51. The summed E-state index contributed by atoms with van der Waals surface area (Å²) in [5, 5.41) is 46.2. The monoisotopic (exact) mass is 646 g/mol. The molecular weight excluding hydrogens is 611 g/mol. The van der Waals surface area contributed by atoms with Crippen molar-refractivity contribution >= 4 is 29.0 Å². The van der Waals surface area contributed by atoms with Crippen molar-refractivity contribution in [2.75, 3.05) is 38.7 Å². The van der Waals surface area contributed by atoms with Gasteiger partial charge in [-0.15, -0.1) is 0 Å². The number of rotatable bonds is 10. The third-order valence-corrected chi connectivity index (χ3v) is 8.34. The second-order valence-corrected chi connectivity index (χ2v) is 11.5. The molecular formula is C30H36ClFN6O7. The summed E-state index contributed by atoms with van der Waals surface area (Å²) in [6.45, 7) is 1.47. The van der Waals surface area contributed by atoms with Crippen LogP contribution in [0.15, 0.2) is 42.9 Å². The Labute approximate surface area is 264 Å². The number of piperidine rings is 1. The number of anilines is 2. The molecule has 1 amide bonds. The lowest BCUT2D eigenvalue weighted by atomic mass is 9.93. The Balaban J connectivity index is 1.19. The van der Waals surface area contributed by atoms with Crippen LogP contribution in [0.4, 0.5) is 15.9 Å². The summed E-state index contributed by atoms with van der Waals surface area (Å²) in [7, 11) is 1.44. The first kappa shape index (κ1) is 32.9. The number of hydrogen-bond donors (Lipinski definition) is 6. The SMILES string of the molecule is COc1cnc(-c2cc(Cl)ccc2F)nc1Nc1ccncc1C(=O)NC1CCN(CCC2OC(CO)C(O)C(O)C2O)CC1. The lowest BCUT2D eigenvalue weighted by Crippen LogP contribution is -2.59. The van der Waals surface area contributed by atoms with Crippen LogP contribution in [0.3, 0.4) is 0 Å². The molecule has 45 heavy (non-hydrogen) atoms. The van der Waals surface area contributed by atoms with Crippen molar-refractivity contribution < 1.29 is 39.1 Å². The molecule has 5 unspecified atom stereocenters. The Morgan fingerprint density at radius 2 is 1.89 bits per heavy atom. The van der Waals surface area contributed by atoms with Crippen molar-refractivity contribution in [3.63, 3.8) is 0 Å². The van der Waals surface area contributed by atoms with E-state index in [2.05, 4.69) is 30.5 Å². The average molecular weight is 647 g/mol. The molecule has 242 valence electrons. The van der Waals surface area contributed by atoms with Crippen LogP contribution in [-0.4, -0.2) is 116 Å². The van der Waals surface area contributed by atoms with E-state index in [1.807, 2.05) is 0 Å². The van der Waals surface area contributed by atoms with Crippen LogP contribution in [0.5, 0.6) is 5.75 Å². The van der Waals surface area contributed by atoms with Gasteiger partial charge < -0.3 is 45.4 Å². The number of aliphatic hydroxyl groups excluding tert-OH is 4. The number of methoxy groups -OCH3 is 1. The third-order valence-electron chi connectivity index (χ3n) is 8.11. The Morgan fingerprint density at radius 3 is 2.62 bits per heavy atom. The third kappa shape index (κ3) is 7.66. The summed E-state index contributed by atoms with van der Waals surface area (Å²) in [6, 6.07) is 5.61. The van der Waals surface area contributed by atoms with Gasteiger partial charge in [0.15, 0.2) is 17.4 Å². The van der Waals surface area contributed by atoms with Crippen molar-refractivity contribution in [1.29, 1.82) is 0 Å². The number of nitrogens with one attached hydrogen (secondary N) is 2. The Hall–Kier alpha value is -3.50. The molecule has 0 spiro atoms. The zero-order chi connectivity index (χ0) is 32.1. The number of ether oxygens (including phenoxy) is 2. The number of amides is 1. The molecule has 4 heterocycles. The maximum atomic E-state index is 14.5. The average Bonchev–Trinajstić information content (AvgIpc) is 3.05. The molecule has 0 radical (unpaired) electrons. The van der Waals surface area contributed by atoms with E-state index in [9.17, 15) is 29.6 Å². The van der Waals surface area contributed by atoms with E-state index in [-0.39, 0.29) is 40.5 Å². The number of aliphatic hydroxyl groups is 4. The Kier molecular flexibility index (Phi) is 10.8. The molecule has 0 bridgehead atoms. The van der Waals surface area contributed by atoms with Crippen LogP contribution >= 0.6 is 11.6 Å². The van der Waals surface area contributed by atoms with Gasteiger partial charge in [-0.05, 0) is 43.5 Å². The van der Waals surface area contributed by atoms with Gasteiger partial charge in [-0.1, -0.05) is 11.6 Å². The topological polar surface area (TPSA) is 182 Å². The summed E-state index contributed by atoms with van der Waals surface area (Å²) >= 11 is 6.06. The number of halogens is 2. The normalized spacial score (nSPS) is 24.3. The van der Waals surface area contributed by atoms with Crippen LogP contribution in [0.2, 0.25) is 5.02 Å². The maximum absolute atomic E-state index is 14.5. The van der Waals surface area contributed by atoms with Gasteiger partial charge in [0.1, 0.15) is 30.2 Å². The van der Waals surface area contributed by atoms with E-state index in [1.165, 1.54) is 43.9 Å². The van der Waals surface area contributed by atoms with Crippen LogP contribution in [-0.2, 0) is 4.74 Å². The number of benzene rings is 1. The zero-order valence-corrected chi connectivity index (χ0v) is 25.3. The fourth-order valence-electron chi connectivity index (χ4n) is 5.51. The fraction of sp³-hybridized carbons (Fsp3) is 0.467. The molecule has 5 atom stereocenters.